The van der Waals surface area contributed by atoms with Crippen molar-refractivity contribution in [1.82, 2.24) is 19.0 Å². The minimum atomic E-state index is 0.0287. The number of carbonyl (C=O) groups excluding carboxylic acids is 1. The lowest BCUT2D eigenvalue weighted by Crippen LogP contribution is -2.41. The van der Waals surface area contributed by atoms with Crippen molar-refractivity contribution >= 4 is 33.9 Å². The quantitative estimate of drug-likeness (QED) is 0.281. The monoisotopic (exact) mass is 551 g/mol. The molecule has 4 aromatic rings. The Morgan fingerprint density at radius 3 is 2.66 bits per heavy atom. The number of likely N-dealkylation sites (tertiary alicyclic amines) is 1. The molecule has 3 aliphatic rings. The van der Waals surface area contributed by atoms with Crippen LogP contribution in [0.5, 0.6) is 5.75 Å². The first-order valence-corrected chi connectivity index (χ1v) is 15.2. The molecule has 3 heterocycles. The van der Waals surface area contributed by atoms with Crippen molar-refractivity contribution in [3.63, 3.8) is 0 Å². The van der Waals surface area contributed by atoms with Crippen LogP contribution in [-0.4, -0.2) is 50.7 Å². The standard InChI is InChI=1S/C34H41N5O2/c1-20(2)6-5-7-21-10-12-27-24(14-21)16-29(38(27)18-22-8-9-22)33-36-26-15-25(17-30(41-4)32(26)37(33)3)34(40)39-19-23-11-13-28(39)31(23)35/h5,7,10,12,14-17,20,22-23,28,31H,6,8-9,11,13,18-19,35H2,1-4H3/b7-5+/t23-,28-,31+/m1/s1. The molecule has 1 aliphatic heterocycles. The maximum absolute atomic E-state index is 13.7. The molecule has 2 aromatic heterocycles. The first-order valence-electron chi connectivity index (χ1n) is 15.2. The van der Waals surface area contributed by atoms with Crippen LogP contribution in [-0.2, 0) is 13.6 Å². The van der Waals surface area contributed by atoms with Crippen LogP contribution >= 0.6 is 0 Å². The molecular weight excluding hydrogens is 510 g/mol. The summed E-state index contributed by atoms with van der Waals surface area (Å²) in [7, 11) is 3.72. The number of hydrogen-bond acceptors (Lipinski definition) is 4. The molecule has 7 heteroatoms. The number of aromatic nitrogens is 3. The molecule has 0 spiro atoms. The fourth-order valence-electron chi connectivity index (χ4n) is 7.08. The normalized spacial score (nSPS) is 22.3. The van der Waals surface area contributed by atoms with Gasteiger partial charge in [-0.05, 0) is 85.8 Å². The fraction of sp³-hybridized carbons (Fsp3) is 0.471. The summed E-state index contributed by atoms with van der Waals surface area (Å²) in [6.07, 6.45) is 10.2. The maximum atomic E-state index is 13.7. The predicted octanol–water partition coefficient (Wildman–Crippen LogP) is 6.23. The minimum Gasteiger partial charge on any atom is -0.494 e. The van der Waals surface area contributed by atoms with E-state index in [1.807, 2.05) is 24.1 Å². The van der Waals surface area contributed by atoms with Crippen molar-refractivity contribution in [2.24, 2.45) is 30.5 Å². The number of ether oxygens (including phenoxy) is 1. The number of amides is 1. The summed E-state index contributed by atoms with van der Waals surface area (Å²) in [5, 5.41) is 1.22. The highest BCUT2D eigenvalue weighted by molar-refractivity contribution is 6.00. The summed E-state index contributed by atoms with van der Waals surface area (Å²) in [6.45, 7) is 6.22. The molecule has 2 aliphatic carbocycles. The highest BCUT2D eigenvalue weighted by Crippen LogP contribution is 2.40. The second-order valence-corrected chi connectivity index (χ2v) is 12.9. The van der Waals surface area contributed by atoms with E-state index in [4.69, 9.17) is 15.5 Å². The van der Waals surface area contributed by atoms with Crippen LogP contribution in [0.3, 0.4) is 0 Å². The van der Waals surface area contributed by atoms with Gasteiger partial charge in [0.25, 0.3) is 5.91 Å². The average molecular weight is 552 g/mol. The molecule has 3 fully saturated rings. The van der Waals surface area contributed by atoms with Crippen molar-refractivity contribution in [2.45, 2.75) is 64.6 Å². The van der Waals surface area contributed by atoms with Gasteiger partial charge in [-0.25, -0.2) is 4.98 Å². The molecule has 2 saturated carbocycles. The fourth-order valence-corrected chi connectivity index (χ4v) is 7.08. The van der Waals surface area contributed by atoms with Gasteiger partial charge in [-0.2, -0.15) is 0 Å². The Morgan fingerprint density at radius 1 is 1.15 bits per heavy atom. The number of rotatable bonds is 8. The number of piperidine rings is 1. The summed E-state index contributed by atoms with van der Waals surface area (Å²) < 4.78 is 10.4. The SMILES string of the molecule is COc1cc(C(=O)N2C[C@H]3CC[C@@H]2[C@H]3N)cc2nc(-c3cc4cc(/C=C/CC(C)C)ccc4n3CC3CC3)n(C)c12. The Balaban J connectivity index is 1.30. The topological polar surface area (TPSA) is 78.3 Å². The van der Waals surface area contributed by atoms with Crippen LogP contribution in [0.25, 0.3) is 39.5 Å². The van der Waals surface area contributed by atoms with Crippen LogP contribution < -0.4 is 10.5 Å². The molecule has 7 nitrogen and oxygen atoms in total. The van der Waals surface area contributed by atoms with Crippen molar-refractivity contribution in [2.75, 3.05) is 13.7 Å². The number of imidazole rings is 1. The third kappa shape index (κ3) is 4.55. The second kappa shape index (κ2) is 10.1. The predicted molar refractivity (Wildman–Crippen MR) is 165 cm³/mol. The Bertz CT molecular complexity index is 1670. The van der Waals surface area contributed by atoms with E-state index in [0.717, 1.165) is 54.9 Å². The van der Waals surface area contributed by atoms with Crippen LogP contribution in [0, 0.1) is 17.8 Å². The van der Waals surface area contributed by atoms with Gasteiger partial charge in [0.05, 0.1) is 18.3 Å². The zero-order valence-electron chi connectivity index (χ0n) is 24.6. The van der Waals surface area contributed by atoms with E-state index < -0.39 is 0 Å². The molecule has 1 amide bonds. The van der Waals surface area contributed by atoms with E-state index in [-0.39, 0.29) is 18.0 Å². The number of allylic oxidation sites excluding steroid dienone is 1. The summed E-state index contributed by atoms with van der Waals surface area (Å²) in [6, 6.07) is 13.1. The molecular formula is C34H41N5O2. The summed E-state index contributed by atoms with van der Waals surface area (Å²) in [4.78, 5) is 20.8. The largest absolute Gasteiger partial charge is 0.494 e. The second-order valence-electron chi connectivity index (χ2n) is 12.9. The molecule has 0 unspecified atom stereocenters. The van der Waals surface area contributed by atoms with E-state index in [9.17, 15) is 4.79 Å². The van der Waals surface area contributed by atoms with Gasteiger partial charge < -0.3 is 24.5 Å². The van der Waals surface area contributed by atoms with Crippen molar-refractivity contribution in [3.8, 4) is 17.3 Å². The Kier molecular flexibility index (Phi) is 6.45. The smallest absolute Gasteiger partial charge is 0.254 e. The summed E-state index contributed by atoms with van der Waals surface area (Å²) >= 11 is 0. The van der Waals surface area contributed by atoms with E-state index in [2.05, 4.69) is 59.4 Å². The van der Waals surface area contributed by atoms with Gasteiger partial charge in [0.1, 0.15) is 11.3 Å². The number of nitrogens with zero attached hydrogens (tertiary/aromatic N) is 4. The maximum Gasteiger partial charge on any atom is 0.254 e. The van der Waals surface area contributed by atoms with E-state index >= 15 is 0 Å². The lowest BCUT2D eigenvalue weighted by atomic mass is 10.1. The lowest BCUT2D eigenvalue weighted by Gasteiger charge is -2.27. The molecule has 2 N–H and O–H groups in total. The van der Waals surface area contributed by atoms with Crippen LogP contribution in [0.4, 0.5) is 0 Å². The summed E-state index contributed by atoms with van der Waals surface area (Å²) in [5.74, 6) is 3.36. The molecule has 7 rings (SSSR count). The number of carbonyl (C=O) groups is 1. The molecule has 0 radical (unpaired) electrons. The van der Waals surface area contributed by atoms with Gasteiger partial charge in [0, 0.05) is 48.7 Å². The Hall–Kier alpha value is -3.58. The first kappa shape index (κ1) is 26.3. The van der Waals surface area contributed by atoms with Crippen LogP contribution in [0.1, 0.15) is 61.9 Å². The van der Waals surface area contributed by atoms with E-state index in [0.29, 0.717) is 29.1 Å². The molecule has 3 atom stereocenters. The molecule has 1 saturated heterocycles. The summed E-state index contributed by atoms with van der Waals surface area (Å²) in [5.41, 5.74) is 12.3. The van der Waals surface area contributed by atoms with Gasteiger partial charge in [0.15, 0.2) is 5.82 Å². The zero-order valence-corrected chi connectivity index (χ0v) is 24.6. The molecule has 41 heavy (non-hydrogen) atoms. The molecule has 214 valence electrons. The van der Waals surface area contributed by atoms with Crippen molar-refractivity contribution < 1.29 is 9.53 Å². The van der Waals surface area contributed by atoms with Crippen LogP contribution in [0.15, 0.2) is 42.5 Å². The van der Waals surface area contributed by atoms with Gasteiger partial charge in [-0.3, -0.25) is 4.79 Å². The highest BCUT2D eigenvalue weighted by Gasteiger charge is 2.47. The number of methoxy groups -OCH3 is 1. The molecule has 2 aromatic carbocycles. The van der Waals surface area contributed by atoms with Gasteiger partial charge in [0.2, 0.25) is 0 Å². The Morgan fingerprint density at radius 2 is 1.98 bits per heavy atom. The number of nitrogens with two attached hydrogens (primary N) is 1. The number of hydrogen-bond donors (Lipinski definition) is 1. The van der Waals surface area contributed by atoms with E-state index in [1.54, 1.807) is 7.11 Å². The number of fused-ring (bicyclic) bond motifs is 4. The zero-order chi connectivity index (χ0) is 28.4. The van der Waals surface area contributed by atoms with Gasteiger partial charge >= 0.3 is 0 Å². The number of benzene rings is 2. The third-order valence-corrected chi connectivity index (χ3v) is 9.53. The van der Waals surface area contributed by atoms with Crippen LogP contribution in [0.2, 0.25) is 0 Å². The first-order chi connectivity index (χ1) is 19.8. The van der Waals surface area contributed by atoms with Crippen molar-refractivity contribution in [3.05, 3.63) is 53.6 Å². The third-order valence-electron chi connectivity index (χ3n) is 9.53. The van der Waals surface area contributed by atoms with Crippen molar-refractivity contribution in [1.29, 1.82) is 0 Å². The minimum absolute atomic E-state index is 0.0287. The van der Waals surface area contributed by atoms with Gasteiger partial charge in [-0.15, -0.1) is 0 Å². The van der Waals surface area contributed by atoms with Gasteiger partial charge in [-0.1, -0.05) is 32.1 Å². The number of aryl methyl sites for hydroxylation is 1. The molecule has 2 bridgehead atoms. The van der Waals surface area contributed by atoms with E-state index in [1.165, 1.54) is 29.3 Å². The Labute approximate surface area is 242 Å². The highest BCUT2D eigenvalue weighted by atomic mass is 16.5. The lowest BCUT2D eigenvalue weighted by molar-refractivity contribution is 0.0700. The average Bonchev–Trinajstić information content (AvgIpc) is 3.36.